The summed E-state index contributed by atoms with van der Waals surface area (Å²) in [6.45, 7) is 2.17. The molecule has 4 aromatic carbocycles. The van der Waals surface area contributed by atoms with Crippen LogP contribution in [0.5, 0.6) is 0 Å². The smallest absolute Gasteiger partial charge is 0.145 e. The predicted molar refractivity (Wildman–Crippen MR) is 123 cm³/mol. The summed E-state index contributed by atoms with van der Waals surface area (Å²) < 4.78 is 57.2. The van der Waals surface area contributed by atoms with E-state index < -0.39 is 33.9 Å². The van der Waals surface area contributed by atoms with Gasteiger partial charge in [-0.25, -0.2) is 17.6 Å². The molecule has 164 valence electrons. The highest BCUT2D eigenvalue weighted by atomic mass is 35.5. The summed E-state index contributed by atoms with van der Waals surface area (Å²) in [6, 6.07) is 15.8. The minimum absolute atomic E-state index is 0.250. The average Bonchev–Trinajstić information content (AvgIpc) is 2.76. The highest BCUT2D eigenvalue weighted by Gasteiger charge is 2.18. The summed E-state index contributed by atoms with van der Waals surface area (Å²) in [5.41, 5.74) is 1.50. The Labute approximate surface area is 189 Å². The summed E-state index contributed by atoms with van der Waals surface area (Å²) in [6.07, 6.45) is 4.53. The molecule has 0 aliphatic rings. The zero-order valence-corrected chi connectivity index (χ0v) is 18.2. The monoisotopic (exact) mass is 456 g/mol. The van der Waals surface area contributed by atoms with Gasteiger partial charge in [0.1, 0.15) is 28.3 Å². The van der Waals surface area contributed by atoms with Gasteiger partial charge in [-0.05, 0) is 76.2 Å². The molecule has 0 saturated carbocycles. The summed E-state index contributed by atoms with van der Waals surface area (Å²) in [5.74, 6) is -3.97. The first-order chi connectivity index (χ1) is 15.4. The van der Waals surface area contributed by atoms with Crippen LogP contribution in [-0.4, -0.2) is 0 Å². The van der Waals surface area contributed by atoms with Crippen LogP contribution in [0.2, 0.25) is 5.02 Å². The zero-order chi connectivity index (χ0) is 22.8. The van der Waals surface area contributed by atoms with Gasteiger partial charge in [-0.15, -0.1) is 0 Å². The normalized spacial score (nSPS) is 11.3. The van der Waals surface area contributed by atoms with Crippen molar-refractivity contribution in [1.82, 2.24) is 0 Å². The number of halogens is 5. The van der Waals surface area contributed by atoms with Crippen LogP contribution in [0.15, 0.2) is 60.7 Å². The largest absolute Gasteiger partial charge is 0.206 e. The fraction of sp³-hybridized carbons (Fsp3) is 0.185. The van der Waals surface area contributed by atoms with Gasteiger partial charge in [0.25, 0.3) is 0 Å². The van der Waals surface area contributed by atoms with Gasteiger partial charge in [0.05, 0.1) is 5.56 Å². The molecule has 0 aliphatic carbocycles. The van der Waals surface area contributed by atoms with Crippen LogP contribution in [0.3, 0.4) is 0 Å². The van der Waals surface area contributed by atoms with Crippen LogP contribution < -0.4 is 0 Å². The first-order valence-corrected chi connectivity index (χ1v) is 10.9. The molecule has 0 heterocycles. The fourth-order valence-electron chi connectivity index (χ4n) is 3.92. The lowest BCUT2D eigenvalue weighted by atomic mass is 9.96. The first kappa shape index (κ1) is 22.3. The van der Waals surface area contributed by atoms with E-state index in [-0.39, 0.29) is 5.56 Å². The quantitative estimate of drug-likeness (QED) is 0.154. The second kappa shape index (κ2) is 9.33. The number of aryl methyl sites for hydroxylation is 1. The molecular weight excluding hydrogens is 436 g/mol. The van der Waals surface area contributed by atoms with Crippen LogP contribution in [-0.2, 0) is 6.42 Å². The molecule has 0 spiro atoms. The van der Waals surface area contributed by atoms with E-state index in [1.54, 1.807) is 0 Å². The second-order valence-electron chi connectivity index (χ2n) is 7.92. The Bertz CT molecular complexity index is 1250. The Morgan fingerprint density at radius 2 is 1.22 bits per heavy atom. The Kier molecular flexibility index (Phi) is 6.52. The lowest BCUT2D eigenvalue weighted by Crippen LogP contribution is -1.95. The van der Waals surface area contributed by atoms with Crippen LogP contribution in [0.1, 0.15) is 31.7 Å². The third-order valence-electron chi connectivity index (χ3n) is 5.62. The van der Waals surface area contributed by atoms with E-state index in [1.165, 1.54) is 30.5 Å². The minimum Gasteiger partial charge on any atom is -0.206 e. The third-order valence-corrected chi connectivity index (χ3v) is 5.98. The van der Waals surface area contributed by atoms with Crippen molar-refractivity contribution in [2.75, 3.05) is 0 Å². The van der Waals surface area contributed by atoms with Gasteiger partial charge in [0, 0.05) is 0 Å². The highest BCUT2D eigenvalue weighted by Crippen LogP contribution is 2.34. The molecule has 0 aromatic heterocycles. The molecule has 0 aliphatic heterocycles. The molecule has 0 N–H and O–H groups in total. The van der Waals surface area contributed by atoms with Crippen LogP contribution >= 0.6 is 11.6 Å². The lowest BCUT2D eigenvalue weighted by Gasteiger charge is -2.11. The standard InChI is InChI=1S/C27H21ClF4/c1-2-3-4-5-16-6-7-18-11-19(9-8-17(18)10-16)20-12-22(29)26(23(30)13-20)21-14-24(31)27(28)25(32)15-21/h6-15H,2-5H2,1H3. The molecule has 0 radical (unpaired) electrons. The lowest BCUT2D eigenvalue weighted by molar-refractivity contribution is 0.579. The zero-order valence-electron chi connectivity index (χ0n) is 17.5. The van der Waals surface area contributed by atoms with E-state index in [4.69, 9.17) is 11.6 Å². The van der Waals surface area contributed by atoms with Crippen molar-refractivity contribution < 1.29 is 17.6 Å². The Hall–Kier alpha value is -2.85. The molecule has 0 unspecified atom stereocenters. The third kappa shape index (κ3) is 4.51. The molecule has 5 heteroatoms. The predicted octanol–water partition coefficient (Wildman–Crippen LogP) is 9.12. The van der Waals surface area contributed by atoms with Crippen LogP contribution in [0, 0.1) is 23.3 Å². The molecule has 4 aromatic rings. The molecule has 32 heavy (non-hydrogen) atoms. The van der Waals surface area contributed by atoms with E-state index in [0.717, 1.165) is 35.7 Å². The molecule has 0 atom stereocenters. The van der Waals surface area contributed by atoms with Crippen molar-refractivity contribution in [3.63, 3.8) is 0 Å². The molecule has 0 saturated heterocycles. The van der Waals surface area contributed by atoms with Crippen LogP contribution in [0.25, 0.3) is 33.0 Å². The summed E-state index contributed by atoms with van der Waals surface area (Å²) in [4.78, 5) is 0. The van der Waals surface area contributed by atoms with E-state index in [2.05, 4.69) is 19.1 Å². The van der Waals surface area contributed by atoms with Gasteiger partial charge in [-0.1, -0.05) is 61.7 Å². The van der Waals surface area contributed by atoms with Crippen molar-refractivity contribution >= 4 is 22.4 Å². The number of rotatable bonds is 6. The number of hydrogen-bond acceptors (Lipinski definition) is 0. The first-order valence-electron chi connectivity index (χ1n) is 10.5. The highest BCUT2D eigenvalue weighted by molar-refractivity contribution is 6.31. The minimum atomic E-state index is -1.08. The fourth-order valence-corrected chi connectivity index (χ4v) is 4.03. The van der Waals surface area contributed by atoms with E-state index >= 15 is 0 Å². The molecule has 0 amide bonds. The van der Waals surface area contributed by atoms with Gasteiger partial charge < -0.3 is 0 Å². The van der Waals surface area contributed by atoms with E-state index in [1.807, 2.05) is 24.3 Å². The van der Waals surface area contributed by atoms with Crippen LogP contribution in [0.4, 0.5) is 17.6 Å². The number of fused-ring (bicyclic) bond motifs is 1. The SMILES string of the molecule is CCCCCc1ccc2cc(-c3cc(F)c(-c4cc(F)c(Cl)c(F)c4)c(F)c3)ccc2c1. The van der Waals surface area contributed by atoms with Crippen molar-refractivity contribution in [1.29, 1.82) is 0 Å². The molecule has 0 fully saturated rings. The number of hydrogen-bond donors (Lipinski definition) is 0. The molecular formula is C27H21ClF4. The maximum atomic E-state index is 14.8. The molecule has 0 bridgehead atoms. The van der Waals surface area contributed by atoms with Gasteiger partial charge in [-0.3, -0.25) is 0 Å². The Balaban J connectivity index is 1.69. The van der Waals surface area contributed by atoms with Gasteiger partial charge in [0.15, 0.2) is 0 Å². The topological polar surface area (TPSA) is 0 Å². The van der Waals surface area contributed by atoms with Gasteiger partial charge in [-0.2, -0.15) is 0 Å². The maximum absolute atomic E-state index is 14.8. The van der Waals surface area contributed by atoms with Crippen molar-refractivity contribution in [2.24, 2.45) is 0 Å². The summed E-state index contributed by atoms with van der Waals surface area (Å²) in [5, 5.41) is 1.32. The molecule has 0 nitrogen and oxygen atoms in total. The number of unbranched alkanes of at least 4 members (excludes halogenated alkanes) is 2. The van der Waals surface area contributed by atoms with Crippen molar-refractivity contribution in [3.8, 4) is 22.3 Å². The van der Waals surface area contributed by atoms with Gasteiger partial charge in [0.2, 0.25) is 0 Å². The Morgan fingerprint density at radius 1 is 0.625 bits per heavy atom. The summed E-state index contributed by atoms with van der Waals surface area (Å²) in [7, 11) is 0. The maximum Gasteiger partial charge on any atom is 0.145 e. The average molecular weight is 457 g/mol. The Morgan fingerprint density at radius 3 is 1.88 bits per heavy atom. The van der Waals surface area contributed by atoms with E-state index in [9.17, 15) is 17.6 Å². The van der Waals surface area contributed by atoms with Gasteiger partial charge >= 0.3 is 0 Å². The molecule has 4 rings (SSSR count). The summed E-state index contributed by atoms with van der Waals surface area (Å²) >= 11 is 5.47. The number of benzene rings is 4. The second-order valence-corrected chi connectivity index (χ2v) is 8.30. The van der Waals surface area contributed by atoms with E-state index in [0.29, 0.717) is 11.1 Å². The van der Waals surface area contributed by atoms with Crippen molar-refractivity contribution in [3.05, 3.63) is 94.5 Å². The van der Waals surface area contributed by atoms with Crippen molar-refractivity contribution in [2.45, 2.75) is 32.6 Å².